The molecule has 2 heterocycles. The largest absolute Gasteiger partial charge is 0.456 e. The predicted molar refractivity (Wildman–Crippen MR) is 124 cm³/mol. The second-order valence-electron chi connectivity index (χ2n) is 10.5. The first-order chi connectivity index (χ1) is 14.8. The lowest BCUT2D eigenvalue weighted by atomic mass is 9.84. The quantitative estimate of drug-likeness (QED) is 0.482. The molecule has 0 bridgehead atoms. The number of rotatable bonds is 2. The monoisotopic (exact) mass is 450 g/mol. The van der Waals surface area contributed by atoms with Crippen molar-refractivity contribution in [3.8, 4) is 0 Å². The topological polar surface area (TPSA) is 93.1 Å². The maximum Gasteiger partial charge on any atom is 0.330 e. The number of hydrogen-bond donors (Lipinski definition) is 2. The van der Waals surface area contributed by atoms with Crippen LogP contribution in [0.25, 0.3) is 0 Å². The van der Waals surface area contributed by atoms with Gasteiger partial charge in [-0.05, 0) is 46.0 Å². The minimum absolute atomic E-state index is 0.0293. The molecule has 6 nitrogen and oxygen atoms in total. The molecule has 182 valence electrons. The summed E-state index contributed by atoms with van der Waals surface area (Å²) in [5, 5.41) is 21.3. The fourth-order valence-electron chi connectivity index (χ4n) is 4.83. The van der Waals surface area contributed by atoms with Gasteiger partial charge in [-0.1, -0.05) is 44.9 Å². The number of hydrogen-bond acceptors (Lipinski definition) is 6. The Hall–Kier alpha value is -1.50. The van der Waals surface area contributed by atoms with Crippen molar-refractivity contribution in [2.75, 3.05) is 0 Å². The summed E-state index contributed by atoms with van der Waals surface area (Å²) in [5.74, 6) is -1.23. The summed E-state index contributed by atoms with van der Waals surface area (Å²) in [5.41, 5.74) is -0.833. The number of ether oxygens (including phenoxy) is 2. The average Bonchev–Trinajstić information content (AvgIpc) is 2.99. The zero-order valence-corrected chi connectivity index (χ0v) is 20.6. The standard InChI is InChI=1S/C26H42O6/c1-7-12-25(5)16-22-21(32-25)10-8-17(2)13-19(4)20(27)15-26(6,30)23(28)14-18(3)9-11-24(29)31-22/h9,11,13,18-22,27,30H,7-8,10,12,14-16H2,1-6H3/b11-9+,17-13+/t18-,19-,20?,21+,22-,25-,26-/m1/s1. The van der Waals surface area contributed by atoms with Gasteiger partial charge >= 0.3 is 5.97 Å². The van der Waals surface area contributed by atoms with Gasteiger partial charge in [0.05, 0.1) is 17.8 Å². The summed E-state index contributed by atoms with van der Waals surface area (Å²) in [6, 6.07) is 0. The number of carbonyl (C=O) groups is 2. The van der Waals surface area contributed by atoms with Gasteiger partial charge in [0.15, 0.2) is 5.78 Å². The van der Waals surface area contributed by atoms with Crippen molar-refractivity contribution >= 4 is 11.8 Å². The zero-order valence-electron chi connectivity index (χ0n) is 20.6. The molecule has 2 aliphatic heterocycles. The first-order valence-electron chi connectivity index (χ1n) is 12.0. The van der Waals surface area contributed by atoms with Crippen LogP contribution in [0.15, 0.2) is 23.8 Å². The van der Waals surface area contributed by atoms with Crippen LogP contribution in [0.5, 0.6) is 0 Å². The van der Waals surface area contributed by atoms with Gasteiger partial charge in [-0.2, -0.15) is 0 Å². The second-order valence-corrected chi connectivity index (χ2v) is 10.5. The van der Waals surface area contributed by atoms with Crippen LogP contribution < -0.4 is 0 Å². The molecule has 0 aromatic carbocycles. The highest BCUT2D eigenvalue weighted by atomic mass is 16.6. The van der Waals surface area contributed by atoms with Gasteiger partial charge in [-0.3, -0.25) is 4.79 Å². The number of aliphatic hydroxyl groups is 2. The lowest BCUT2D eigenvalue weighted by Gasteiger charge is -2.28. The van der Waals surface area contributed by atoms with Crippen LogP contribution in [0.1, 0.15) is 86.5 Å². The molecule has 6 heteroatoms. The summed E-state index contributed by atoms with van der Waals surface area (Å²) < 4.78 is 12.2. The van der Waals surface area contributed by atoms with Crippen LogP contribution in [0, 0.1) is 11.8 Å². The molecule has 1 fully saturated rings. The van der Waals surface area contributed by atoms with E-state index >= 15 is 0 Å². The van der Waals surface area contributed by atoms with Crippen LogP contribution in [-0.4, -0.2) is 51.5 Å². The number of esters is 1. The van der Waals surface area contributed by atoms with Crippen LogP contribution in [0.3, 0.4) is 0 Å². The van der Waals surface area contributed by atoms with E-state index in [0.717, 1.165) is 31.3 Å². The zero-order chi connectivity index (χ0) is 24.1. The number of aliphatic hydroxyl groups excluding tert-OH is 1. The summed E-state index contributed by atoms with van der Waals surface area (Å²) in [7, 11) is 0. The first kappa shape index (κ1) is 26.7. The van der Waals surface area contributed by atoms with Crippen molar-refractivity contribution in [1.29, 1.82) is 0 Å². The molecule has 2 rings (SSSR count). The highest BCUT2D eigenvalue weighted by Crippen LogP contribution is 2.38. The third kappa shape index (κ3) is 7.53. The van der Waals surface area contributed by atoms with E-state index in [1.54, 1.807) is 6.08 Å². The molecule has 0 saturated carbocycles. The van der Waals surface area contributed by atoms with E-state index in [1.165, 1.54) is 13.0 Å². The molecule has 1 saturated heterocycles. The molecule has 7 atom stereocenters. The third-order valence-corrected chi connectivity index (χ3v) is 6.78. The number of ketones is 1. The van der Waals surface area contributed by atoms with Crippen LogP contribution in [0.4, 0.5) is 0 Å². The second kappa shape index (κ2) is 11.1. The normalized spacial score (nSPS) is 43.0. The molecule has 0 aliphatic carbocycles. The van der Waals surface area contributed by atoms with Crippen molar-refractivity contribution in [2.45, 2.75) is 116 Å². The van der Waals surface area contributed by atoms with Crippen LogP contribution in [-0.2, 0) is 19.1 Å². The highest BCUT2D eigenvalue weighted by Gasteiger charge is 2.44. The molecule has 0 radical (unpaired) electrons. The van der Waals surface area contributed by atoms with E-state index in [-0.39, 0.29) is 48.3 Å². The van der Waals surface area contributed by atoms with Crippen molar-refractivity contribution in [3.63, 3.8) is 0 Å². The molecule has 0 aromatic heterocycles. The Morgan fingerprint density at radius 1 is 1.16 bits per heavy atom. The van der Waals surface area contributed by atoms with Gasteiger partial charge in [0.25, 0.3) is 0 Å². The number of allylic oxidation sites excluding steroid dienone is 2. The summed E-state index contributed by atoms with van der Waals surface area (Å²) in [6.07, 6.45) is 7.78. The number of carbonyl (C=O) groups excluding carboxylic acids is 2. The molecular weight excluding hydrogens is 408 g/mol. The Morgan fingerprint density at radius 2 is 1.84 bits per heavy atom. The minimum Gasteiger partial charge on any atom is -0.456 e. The fraction of sp³-hybridized carbons (Fsp3) is 0.769. The van der Waals surface area contributed by atoms with Gasteiger partial charge in [-0.15, -0.1) is 0 Å². The number of Topliss-reactive ketones (excluding diaryl/α,β-unsaturated/α-hetero) is 1. The number of fused-ring (bicyclic) bond motifs is 1. The Bertz CT molecular complexity index is 724. The maximum absolute atomic E-state index is 12.6. The van der Waals surface area contributed by atoms with Gasteiger partial charge in [-0.25, -0.2) is 4.79 Å². The van der Waals surface area contributed by atoms with E-state index in [1.807, 2.05) is 26.8 Å². The first-order valence-corrected chi connectivity index (χ1v) is 12.0. The lowest BCUT2D eigenvalue weighted by molar-refractivity contribution is -0.146. The van der Waals surface area contributed by atoms with Crippen molar-refractivity contribution in [3.05, 3.63) is 23.8 Å². The third-order valence-electron chi connectivity index (χ3n) is 6.78. The molecule has 32 heavy (non-hydrogen) atoms. The van der Waals surface area contributed by atoms with Gasteiger partial charge < -0.3 is 19.7 Å². The van der Waals surface area contributed by atoms with E-state index in [9.17, 15) is 19.8 Å². The van der Waals surface area contributed by atoms with E-state index < -0.39 is 17.7 Å². The molecule has 0 amide bonds. The smallest absolute Gasteiger partial charge is 0.330 e. The average molecular weight is 451 g/mol. The molecule has 2 N–H and O–H groups in total. The van der Waals surface area contributed by atoms with Gasteiger partial charge in [0.1, 0.15) is 11.7 Å². The van der Waals surface area contributed by atoms with Crippen molar-refractivity contribution in [1.82, 2.24) is 0 Å². The Balaban J connectivity index is 2.27. The van der Waals surface area contributed by atoms with Crippen LogP contribution >= 0.6 is 0 Å². The Labute approximate surface area is 193 Å². The minimum atomic E-state index is -1.62. The Morgan fingerprint density at radius 3 is 2.50 bits per heavy atom. The summed E-state index contributed by atoms with van der Waals surface area (Å²) in [6.45, 7) is 11.4. The fourth-order valence-corrected chi connectivity index (χ4v) is 4.83. The highest BCUT2D eigenvalue weighted by molar-refractivity contribution is 5.87. The van der Waals surface area contributed by atoms with Crippen molar-refractivity contribution < 1.29 is 29.3 Å². The summed E-state index contributed by atoms with van der Waals surface area (Å²) >= 11 is 0. The Kier molecular flexibility index (Phi) is 9.26. The van der Waals surface area contributed by atoms with E-state index in [0.29, 0.717) is 6.42 Å². The lowest BCUT2D eigenvalue weighted by Crippen LogP contribution is -2.40. The molecular formula is C26H42O6. The summed E-state index contributed by atoms with van der Waals surface area (Å²) in [4.78, 5) is 25.1. The molecule has 0 spiro atoms. The SMILES string of the molecule is CCC[C@]1(C)C[C@H]2OC(=O)/C=C/[C@@H](C)CC(=O)[C@](C)(O)CC(O)[C@H](C)/C=C(\C)CC[C@@H]2O1. The molecule has 2 aliphatic rings. The molecule has 0 aromatic rings. The van der Waals surface area contributed by atoms with Gasteiger partial charge in [0, 0.05) is 31.3 Å². The van der Waals surface area contributed by atoms with Crippen LogP contribution in [0.2, 0.25) is 0 Å². The van der Waals surface area contributed by atoms with E-state index in [2.05, 4.69) is 13.8 Å². The molecule has 1 unspecified atom stereocenters. The van der Waals surface area contributed by atoms with Crippen molar-refractivity contribution in [2.24, 2.45) is 11.8 Å². The maximum atomic E-state index is 12.6. The predicted octanol–water partition coefficient (Wildman–Crippen LogP) is 4.28. The van der Waals surface area contributed by atoms with E-state index in [4.69, 9.17) is 9.47 Å². The van der Waals surface area contributed by atoms with Gasteiger partial charge in [0.2, 0.25) is 0 Å².